The maximum atomic E-state index is 11.3. The van der Waals surface area contributed by atoms with Gasteiger partial charge in [-0.1, -0.05) is 362 Å². The fraction of sp³-hybridized carbons (Fsp3) is 0.838. The van der Waals surface area contributed by atoms with E-state index in [9.17, 15) is 19.2 Å². The molecule has 0 aromatic carbocycles. The zero-order chi connectivity index (χ0) is 61.5. The van der Waals surface area contributed by atoms with E-state index in [-0.39, 0.29) is 23.6 Å². The minimum Gasteiger partial charge on any atom is -0.366 e. The molecule has 0 spiro atoms. The van der Waals surface area contributed by atoms with Crippen LogP contribution in [-0.2, 0) is 19.2 Å². The van der Waals surface area contributed by atoms with Gasteiger partial charge in [0, 0.05) is 36.4 Å². The van der Waals surface area contributed by atoms with Gasteiger partial charge in [0.2, 0.25) is 23.6 Å². The maximum absolute atomic E-state index is 11.3. The smallest absolute Gasteiger partial charge is 0.246 e. The first-order valence-electron chi connectivity index (χ1n) is 35.6. The Morgan fingerprint density at radius 2 is 0.488 bits per heavy atom. The molecule has 4 amide bonds. The largest absolute Gasteiger partial charge is 0.366 e. The molecule has 484 valence electrons. The number of carbonyl (C=O) groups excluding carboxylic acids is 4. The van der Waals surface area contributed by atoms with Gasteiger partial charge in [-0.15, -0.1) is 0 Å². The van der Waals surface area contributed by atoms with Gasteiger partial charge in [-0.3, -0.25) is 19.2 Å². The lowest BCUT2D eigenvalue weighted by molar-refractivity contribution is -0.118. The van der Waals surface area contributed by atoms with Crippen molar-refractivity contribution < 1.29 is 19.2 Å². The predicted octanol–water partition coefficient (Wildman–Crippen LogP) is 22.4. The molecule has 0 aromatic rings. The highest BCUT2D eigenvalue weighted by Gasteiger charge is 2.03. The SMILES string of the molecule is C=C(C)C(=O)NCCCCCCCCCCCCCC.C=C(C)C(=O)NCCCCCCCCCCCCCCCC.C=C(CCCCCCCCCCCCCC)C(N)=O.C=CC(=O)NCCCCCCCCCCCCCCCC. The van der Waals surface area contributed by atoms with E-state index in [1.807, 2.05) is 0 Å². The van der Waals surface area contributed by atoms with Gasteiger partial charge in [0.1, 0.15) is 0 Å². The molecule has 8 nitrogen and oxygen atoms in total. The van der Waals surface area contributed by atoms with E-state index in [0.29, 0.717) is 16.7 Å². The van der Waals surface area contributed by atoms with Crippen molar-refractivity contribution in [3.05, 3.63) is 49.1 Å². The molecule has 82 heavy (non-hydrogen) atoms. The van der Waals surface area contributed by atoms with Gasteiger partial charge in [0.25, 0.3) is 0 Å². The van der Waals surface area contributed by atoms with E-state index >= 15 is 0 Å². The molecule has 5 N–H and O–H groups in total. The summed E-state index contributed by atoms with van der Waals surface area (Å²) in [4.78, 5) is 44.2. The standard InChI is InChI=1S/C20H39NO.C19H37NO.C18H35NO.C17H33NO/c1-4-5-6-7-8-9-10-11-12-13-14-15-16-17-18-21-20(22)19(2)3;1-3-5-6-7-8-9-10-11-12-13-14-15-16-17-18-20-19(21)4-2;1-4-5-6-7-8-9-10-11-12-13-14-15-16-19-18(20)17(2)3;1-3-4-5-6-7-8-9-10-11-12-13-14-15-16(2)17(18)19/h2,4-18H2,1,3H3,(H,21,22);4H,2-3,5-18H2,1H3,(H,20,21);2,4-16H2,1,3H3,(H,19,20);2-15H2,1H3,(H2,18,19). The zero-order valence-electron chi connectivity index (χ0n) is 56.2. The van der Waals surface area contributed by atoms with Crippen LogP contribution in [0, 0.1) is 0 Å². The van der Waals surface area contributed by atoms with Crippen molar-refractivity contribution in [1.29, 1.82) is 0 Å². The van der Waals surface area contributed by atoms with Gasteiger partial charge in [-0.05, 0) is 52.0 Å². The summed E-state index contributed by atoms with van der Waals surface area (Å²) in [6, 6.07) is 0. The van der Waals surface area contributed by atoms with Crippen LogP contribution in [0.3, 0.4) is 0 Å². The summed E-state index contributed by atoms with van der Waals surface area (Å²) in [6.45, 7) is 29.3. The van der Waals surface area contributed by atoms with Crippen LogP contribution in [0.15, 0.2) is 49.1 Å². The lowest BCUT2D eigenvalue weighted by Gasteiger charge is -2.05. The highest BCUT2D eigenvalue weighted by Crippen LogP contribution is 2.17. The van der Waals surface area contributed by atoms with E-state index < -0.39 is 0 Å². The van der Waals surface area contributed by atoms with Crippen LogP contribution in [-0.4, -0.2) is 43.3 Å². The van der Waals surface area contributed by atoms with Gasteiger partial charge in [-0.25, -0.2) is 0 Å². The molecule has 0 aliphatic carbocycles. The first kappa shape index (κ1) is 85.3. The summed E-state index contributed by atoms with van der Waals surface area (Å²) in [5.41, 5.74) is 6.92. The Kier molecular flexibility index (Phi) is 78.9. The van der Waals surface area contributed by atoms with Crippen LogP contribution in [0.2, 0.25) is 0 Å². The second-order valence-electron chi connectivity index (χ2n) is 24.3. The highest BCUT2D eigenvalue weighted by atomic mass is 16.2. The number of nitrogens with two attached hydrogens (primary N) is 1. The number of hydrogen-bond acceptors (Lipinski definition) is 4. The van der Waals surface area contributed by atoms with Crippen molar-refractivity contribution in [2.75, 3.05) is 19.6 Å². The van der Waals surface area contributed by atoms with Gasteiger partial charge in [0.05, 0.1) is 0 Å². The molecule has 0 aliphatic heterocycles. The summed E-state index contributed by atoms with van der Waals surface area (Å²) in [7, 11) is 0. The Morgan fingerprint density at radius 3 is 0.671 bits per heavy atom. The van der Waals surface area contributed by atoms with E-state index in [1.54, 1.807) is 13.8 Å². The molecule has 0 heterocycles. The molecule has 0 fully saturated rings. The molecule has 0 atom stereocenters. The number of carbonyl (C=O) groups is 4. The van der Waals surface area contributed by atoms with Crippen molar-refractivity contribution in [2.45, 2.75) is 382 Å². The molecule has 0 saturated carbocycles. The predicted molar refractivity (Wildman–Crippen MR) is 365 cm³/mol. The number of hydrogen-bond donors (Lipinski definition) is 4. The minimum absolute atomic E-state index is 0.00491. The van der Waals surface area contributed by atoms with E-state index in [1.165, 1.54) is 314 Å². The normalized spacial score (nSPS) is 10.6. The number of nitrogens with one attached hydrogen (secondary N) is 3. The number of rotatable bonds is 60. The molecular weight excluding hydrogens is 1010 g/mol. The van der Waals surface area contributed by atoms with Crippen LogP contribution < -0.4 is 21.7 Å². The molecule has 0 rings (SSSR count). The Hall–Kier alpha value is -3.16. The van der Waals surface area contributed by atoms with Crippen molar-refractivity contribution in [3.8, 4) is 0 Å². The van der Waals surface area contributed by atoms with Crippen LogP contribution >= 0.6 is 0 Å². The first-order valence-corrected chi connectivity index (χ1v) is 35.6. The van der Waals surface area contributed by atoms with Crippen LogP contribution in [0.4, 0.5) is 0 Å². The van der Waals surface area contributed by atoms with Gasteiger partial charge < -0.3 is 21.7 Å². The number of amides is 4. The third kappa shape index (κ3) is 81.1. The molecule has 0 saturated heterocycles. The highest BCUT2D eigenvalue weighted by molar-refractivity contribution is 5.92. The summed E-state index contributed by atoms with van der Waals surface area (Å²) < 4.78 is 0. The zero-order valence-corrected chi connectivity index (χ0v) is 56.2. The Morgan fingerprint density at radius 1 is 0.305 bits per heavy atom. The van der Waals surface area contributed by atoms with Crippen molar-refractivity contribution >= 4 is 23.6 Å². The summed E-state index contributed by atoms with van der Waals surface area (Å²) >= 11 is 0. The maximum Gasteiger partial charge on any atom is 0.246 e. The Labute approximate surface area is 512 Å². The third-order valence-corrected chi connectivity index (χ3v) is 15.6. The molecule has 0 unspecified atom stereocenters. The van der Waals surface area contributed by atoms with Crippen LogP contribution in [0.1, 0.15) is 382 Å². The average Bonchev–Trinajstić information content (AvgIpc) is 3.46. The summed E-state index contributed by atoms with van der Waals surface area (Å²) in [5, 5.41) is 8.58. The first-order chi connectivity index (χ1) is 39.9. The average molecular weight is 1150 g/mol. The molecule has 0 bridgehead atoms. The summed E-state index contributed by atoms with van der Waals surface area (Å²) in [6.07, 6.45) is 72.6. The monoisotopic (exact) mass is 1150 g/mol. The summed E-state index contributed by atoms with van der Waals surface area (Å²) in [5.74, 6) is -0.407. The molecule has 0 aromatic heterocycles. The molecule has 8 heteroatoms. The van der Waals surface area contributed by atoms with E-state index in [4.69, 9.17) is 5.73 Å². The molecule has 0 aliphatic rings. The van der Waals surface area contributed by atoms with Gasteiger partial charge in [0.15, 0.2) is 0 Å². The van der Waals surface area contributed by atoms with Crippen molar-refractivity contribution in [1.82, 2.24) is 16.0 Å². The minimum atomic E-state index is -0.344. The second kappa shape index (κ2) is 75.9. The van der Waals surface area contributed by atoms with Crippen molar-refractivity contribution in [3.63, 3.8) is 0 Å². The van der Waals surface area contributed by atoms with Crippen LogP contribution in [0.5, 0.6) is 0 Å². The van der Waals surface area contributed by atoms with E-state index in [0.717, 1.165) is 51.7 Å². The lowest BCUT2D eigenvalue weighted by Crippen LogP contribution is -2.24. The van der Waals surface area contributed by atoms with Gasteiger partial charge >= 0.3 is 0 Å². The lowest BCUT2D eigenvalue weighted by atomic mass is 10.0. The Bertz CT molecular complexity index is 1410. The topological polar surface area (TPSA) is 130 Å². The molecular formula is C74H144N4O4. The third-order valence-electron chi connectivity index (χ3n) is 15.6. The fourth-order valence-electron chi connectivity index (χ4n) is 9.90. The second-order valence-corrected chi connectivity index (χ2v) is 24.3. The van der Waals surface area contributed by atoms with E-state index in [2.05, 4.69) is 70.0 Å². The van der Waals surface area contributed by atoms with Crippen molar-refractivity contribution in [2.24, 2.45) is 5.73 Å². The quantitative estimate of drug-likeness (QED) is 0.0357. The fourth-order valence-corrected chi connectivity index (χ4v) is 9.90. The van der Waals surface area contributed by atoms with Gasteiger partial charge in [-0.2, -0.15) is 0 Å². The number of primary amides is 1. The van der Waals surface area contributed by atoms with Crippen LogP contribution in [0.25, 0.3) is 0 Å². The number of unbranched alkanes of at least 4 members (excludes halogenated alkanes) is 48. The Balaban J connectivity index is -0.000000495. The molecule has 0 radical (unpaired) electrons.